The van der Waals surface area contributed by atoms with Crippen LogP contribution in [0.1, 0.15) is 36.0 Å². The number of carbonyl (C=O) groups excluding carboxylic acids is 1. The molecule has 2 nitrogen and oxygen atoms in total. The van der Waals surface area contributed by atoms with E-state index in [1.165, 1.54) is 16.7 Å². The fourth-order valence-electron chi connectivity index (χ4n) is 2.61. The molecule has 1 unspecified atom stereocenters. The monoisotopic (exact) mass is 231 g/mol. The summed E-state index contributed by atoms with van der Waals surface area (Å²) in [6.07, 6.45) is 4.20. The van der Waals surface area contributed by atoms with Gasteiger partial charge >= 0.3 is 0 Å². The van der Waals surface area contributed by atoms with Crippen molar-refractivity contribution in [2.75, 3.05) is 6.54 Å². The number of carbonyl (C=O) groups is 1. The van der Waals surface area contributed by atoms with Crippen LogP contribution in [-0.4, -0.2) is 12.5 Å². The van der Waals surface area contributed by atoms with Gasteiger partial charge in [0.25, 0.3) is 0 Å². The Hall–Kier alpha value is -1.31. The SMILES string of the molecule is Cc1cccc(C)c1CC1CCCCNC1=O. The summed E-state index contributed by atoms with van der Waals surface area (Å²) in [6.45, 7) is 5.12. The molecular weight excluding hydrogens is 210 g/mol. The summed E-state index contributed by atoms with van der Waals surface area (Å²) in [6, 6.07) is 6.36. The molecular formula is C15H21NO. The molecule has 17 heavy (non-hydrogen) atoms. The van der Waals surface area contributed by atoms with Gasteiger partial charge in [0.15, 0.2) is 0 Å². The van der Waals surface area contributed by atoms with Gasteiger partial charge in [-0.1, -0.05) is 24.6 Å². The second kappa shape index (κ2) is 5.35. The standard InChI is InChI=1S/C15H21NO/c1-11-6-5-7-12(2)14(11)10-13-8-3-4-9-16-15(13)17/h5-7,13H,3-4,8-10H2,1-2H3,(H,16,17). The maximum absolute atomic E-state index is 11.9. The molecule has 2 rings (SSSR count). The lowest BCUT2D eigenvalue weighted by atomic mass is 9.90. The van der Waals surface area contributed by atoms with Gasteiger partial charge in [-0.05, 0) is 49.8 Å². The minimum Gasteiger partial charge on any atom is -0.356 e. The highest BCUT2D eigenvalue weighted by atomic mass is 16.1. The average molecular weight is 231 g/mol. The number of nitrogens with one attached hydrogen (secondary N) is 1. The van der Waals surface area contributed by atoms with Gasteiger partial charge in [0, 0.05) is 12.5 Å². The number of amides is 1. The van der Waals surface area contributed by atoms with Crippen molar-refractivity contribution < 1.29 is 4.79 Å². The molecule has 0 bridgehead atoms. The van der Waals surface area contributed by atoms with Gasteiger partial charge in [-0.25, -0.2) is 0 Å². The van der Waals surface area contributed by atoms with Crippen molar-refractivity contribution in [1.82, 2.24) is 5.32 Å². The van der Waals surface area contributed by atoms with Gasteiger partial charge in [0.1, 0.15) is 0 Å². The second-order valence-electron chi connectivity index (χ2n) is 5.06. The lowest BCUT2D eigenvalue weighted by molar-refractivity contribution is -0.124. The summed E-state index contributed by atoms with van der Waals surface area (Å²) < 4.78 is 0. The molecule has 0 radical (unpaired) electrons. The smallest absolute Gasteiger partial charge is 0.223 e. The average Bonchev–Trinajstić information content (AvgIpc) is 2.49. The molecule has 1 N–H and O–H groups in total. The van der Waals surface area contributed by atoms with Crippen LogP contribution in [0.15, 0.2) is 18.2 Å². The Kier molecular flexibility index (Phi) is 3.82. The Bertz CT molecular complexity index is 391. The summed E-state index contributed by atoms with van der Waals surface area (Å²) in [5, 5.41) is 3.01. The fraction of sp³-hybridized carbons (Fsp3) is 0.533. The third-order valence-corrected chi connectivity index (χ3v) is 3.74. The predicted molar refractivity (Wildman–Crippen MR) is 70.0 cm³/mol. The number of benzene rings is 1. The first-order chi connectivity index (χ1) is 8.18. The first kappa shape index (κ1) is 12.2. The van der Waals surface area contributed by atoms with E-state index < -0.39 is 0 Å². The van der Waals surface area contributed by atoms with E-state index in [0.29, 0.717) is 0 Å². The molecule has 0 aromatic heterocycles. The van der Waals surface area contributed by atoms with Crippen LogP contribution in [0.4, 0.5) is 0 Å². The summed E-state index contributed by atoms with van der Waals surface area (Å²) in [5.41, 5.74) is 3.97. The van der Waals surface area contributed by atoms with Gasteiger partial charge in [-0.3, -0.25) is 4.79 Å². The molecule has 1 aromatic carbocycles. The van der Waals surface area contributed by atoms with Gasteiger partial charge in [0.05, 0.1) is 0 Å². The molecule has 2 heteroatoms. The Morgan fingerprint density at radius 1 is 1.24 bits per heavy atom. The highest BCUT2D eigenvalue weighted by Crippen LogP contribution is 2.22. The second-order valence-corrected chi connectivity index (χ2v) is 5.06. The van der Waals surface area contributed by atoms with E-state index in [-0.39, 0.29) is 11.8 Å². The molecule has 1 aromatic rings. The molecule has 1 saturated heterocycles. The molecule has 1 atom stereocenters. The molecule has 1 amide bonds. The van der Waals surface area contributed by atoms with Crippen molar-refractivity contribution in [2.45, 2.75) is 39.5 Å². The Labute approximate surface area is 103 Å². The summed E-state index contributed by atoms with van der Waals surface area (Å²) >= 11 is 0. The van der Waals surface area contributed by atoms with Gasteiger partial charge < -0.3 is 5.32 Å². The van der Waals surface area contributed by atoms with E-state index in [1.54, 1.807) is 0 Å². The van der Waals surface area contributed by atoms with Crippen LogP contribution >= 0.6 is 0 Å². The highest BCUT2D eigenvalue weighted by Gasteiger charge is 2.21. The van der Waals surface area contributed by atoms with Crippen LogP contribution < -0.4 is 5.32 Å². The Morgan fingerprint density at radius 3 is 2.65 bits per heavy atom. The van der Waals surface area contributed by atoms with Crippen molar-refractivity contribution in [2.24, 2.45) is 5.92 Å². The van der Waals surface area contributed by atoms with Gasteiger partial charge in [-0.15, -0.1) is 0 Å². The van der Waals surface area contributed by atoms with Crippen molar-refractivity contribution in [3.8, 4) is 0 Å². The normalized spacial score (nSPS) is 20.8. The quantitative estimate of drug-likeness (QED) is 0.833. The molecule has 1 aliphatic heterocycles. The molecule has 92 valence electrons. The minimum absolute atomic E-state index is 0.164. The largest absolute Gasteiger partial charge is 0.356 e. The van der Waals surface area contributed by atoms with Crippen molar-refractivity contribution in [3.05, 3.63) is 34.9 Å². The van der Waals surface area contributed by atoms with Gasteiger partial charge in [0.2, 0.25) is 5.91 Å². The van der Waals surface area contributed by atoms with E-state index >= 15 is 0 Å². The molecule has 0 aliphatic carbocycles. The van der Waals surface area contributed by atoms with E-state index in [1.807, 2.05) is 0 Å². The Morgan fingerprint density at radius 2 is 1.94 bits per heavy atom. The number of hydrogen-bond acceptors (Lipinski definition) is 1. The van der Waals surface area contributed by atoms with Crippen molar-refractivity contribution in [1.29, 1.82) is 0 Å². The lowest BCUT2D eigenvalue weighted by Gasteiger charge is -2.16. The van der Waals surface area contributed by atoms with E-state index in [0.717, 1.165) is 32.2 Å². The van der Waals surface area contributed by atoms with Crippen LogP contribution in [0.2, 0.25) is 0 Å². The third kappa shape index (κ3) is 2.87. The first-order valence-electron chi connectivity index (χ1n) is 6.51. The summed E-state index contributed by atoms with van der Waals surface area (Å²) in [4.78, 5) is 11.9. The topological polar surface area (TPSA) is 29.1 Å². The first-order valence-corrected chi connectivity index (χ1v) is 6.51. The zero-order chi connectivity index (χ0) is 12.3. The van der Waals surface area contributed by atoms with E-state index in [9.17, 15) is 4.79 Å². The van der Waals surface area contributed by atoms with Crippen LogP contribution in [0.3, 0.4) is 0 Å². The van der Waals surface area contributed by atoms with Crippen LogP contribution in [0.25, 0.3) is 0 Å². The van der Waals surface area contributed by atoms with E-state index in [2.05, 4.69) is 37.4 Å². The predicted octanol–water partition coefficient (Wildman–Crippen LogP) is 2.76. The summed E-state index contributed by atoms with van der Waals surface area (Å²) in [7, 11) is 0. The number of hydrogen-bond donors (Lipinski definition) is 1. The summed E-state index contributed by atoms with van der Waals surface area (Å²) in [5.74, 6) is 0.405. The third-order valence-electron chi connectivity index (χ3n) is 3.74. The zero-order valence-electron chi connectivity index (χ0n) is 10.8. The molecule has 1 fully saturated rings. The number of rotatable bonds is 2. The molecule has 1 aliphatic rings. The maximum Gasteiger partial charge on any atom is 0.223 e. The number of aryl methyl sites for hydroxylation is 2. The molecule has 0 saturated carbocycles. The van der Waals surface area contributed by atoms with Crippen LogP contribution in [0, 0.1) is 19.8 Å². The fourth-order valence-corrected chi connectivity index (χ4v) is 2.61. The highest BCUT2D eigenvalue weighted by molar-refractivity contribution is 5.79. The minimum atomic E-state index is 0.164. The van der Waals surface area contributed by atoms with E-state index in [4.69, 9.17) is 0 Å². The maximum atomic E-state index is 11.9. The lowest BCUT2D eigenvalue weighted by Crippen LogP contribution is -2.30. The van der Waals surface area contributed by atoms with Crippen LogP contribution in [-0.2, 0) is 11.2 Å². The van der Waals surface area contributed by atoms with Crippen molar-refractivity contribution >= 4 is 5.91 Å². The van der Waals surface area contributed by atoms with Gasteiger partial charge in [-0.2, -0.15) is 0 Å². The molecule has 0 spiro atoms. The van der Waals surface area contributed by atoms with Crippen LogP contribution in [0.5, 0.6) is 0 Å². The molecule has 1 heterocycles. The van der Waals surface area contributed by atoms with Crippen molar-refractivity contribution in [3.63, 3.8) is 0 Å². The Balaban J connectivity index is 2.16. The zero-order valence-corrected chi connectivity index (χ0v) is 10.8.